The minimum Gasteiger partial charge on any atom is -0.390 e. The molecule has 0 spiro atoms. The van der Waals surface area contributed by atoms with Crippen LogP contribution in [0.25, 0.3) is 22.4 Å². The standard InChI is InChI=1S/C19H14F2N4O3/c20-13-6-7-14-12(8-13)9-15(22-14)16-23-18(28-25-16)19(21,10-26)24-17(27)11-4-2-1-3-5-11/h1-9,22,26H,10H2,(H,24,27)/t19-/m1/s1. The number of halogens is 2. The van der Waals surface area contributed by atoms with Crippen molar-refractivity contribution in [2.24, 2.45) is 0 Å². The molecule has 0 aliphatic carbocycles. The van der Waals surface area contributed by atoms with Gasteiger partial charge in [-0.2, -0.15) is 4.98 Å². The lowest BCUT2D eigenvalue weighted by atomic mass is 10.2. The Morgan fingerprint density at radius 1 is 1.21 bits per heavy atom. The highest BCUT2D eigenvalue weighted by molar-refractivity contribution is 5.94. The molecule has 2 aromatic carbocycles. The first-order chi connectivity index (χ1) is 13.5. The highest BCUT2D eigenvalue weighted by Gasteiger charge is 2.40. The van der Waals surface area contributed by atoms with Gasteiger partial charge in [-0.1, -0.05) is 23.4 Å². The number of benzene rings is 2. The Morgan fingerprint density at radius 2 is 2.00 bits per heavy atom. The van der Waals surface area contributed by atoms with E-state index < -0.39 is 30.0 Å². The molecule has 3 N–H and O–H groups in total. The minimum atomic E-state index is -2.77. The first-order valence-electron chi connectivity index (χ1n) is 8.29. The van der Waals surface area contributed by atoms with E-state index in [1.165, 1.54) is 24.3 Å². The molecule has 1 atom stereocenters. The maximum Gasteiger partial charge on any atom is 0.288 e. The van der Waals surface area contributed by atoms with Gasteiger partial charge in [-0.05, 0) is 36.4 Å². The summed E-state index contributed by atoms with van der Waals surface area (Å²) >= 11 is 0. The van der Waals surface area contributed by atoms with Gasteiger partial charge >= 0.3 is 0 Å². The molecule has 0 fully saturated rings. The summed E-state index contributed by atoms with van der Waals surface area (Å²) in [6.07, 6.45) is 0. The molecule has 0 bridgehead atoms. The van der Waals surface area contributed by atoms with Gasteiger partial charge in [0.2, 0.25) is 5.82 Å². The van der Waals surface area contributed by atoms with Gasteiger partial charge in [0.25, 0.3) is 17.6 Å². The van der Waals surface area contributed by atoms with E-state index in [9.17, 15) is 14.3 Å². The van der Waals surface area contributed by atoms with Crippen LogP contribution in [0.2, 0.25) is 0 Å². The van der Waals surface area contributed by atoms with Gasteiger partial charge in [-0.25, -0.2) is 8.78 Å². The maximum atomic E-state index is 15.1. The van der Waals surface area contributed by atoms with Crippen molar-refractivity contribution in [1.29, 1.82) is 0 Å². The highest BCUT2D eigenvalue weighted by atomic mass is 19.1. The van der Waals surface area contributed by atoms with Crippen LogP contribution in [-0.4, -0.2) is 32.7 Å². The van der Waals surface area contributed by atoms with Crippen molar-refractivity contribution in [2.45, 2.75) is 5.79 Å². The Kier molecular flexibility index (Phi) is 4.36. The number of carbonyl (C=O) groups excluding carboxylic acids is 1. The average molecular weight is 384 g/mol. The number of aliphatic hydroxyl groups excluding tert-OH is 1. The number of hydrogen-bond acceptors (Lipinski definition) is 5. The molecule has 4 aromatic rings. The third-order valence-electron chi connectivity index (χ3n) is 4.15. The molecule has 0 saturated heterocycles. The Balaban J connectivity index is 1.62. The number of carbonyl (C=O) groups is 1. The monoisotopic (exact) mass is 384 g/mol. The van der Waals surface area contributed by atoms with Crippen LogP contribution >= 0.6 is 0 Å². The zero-order valence-electron chi connectivity index (χ0n) is 14.3. The fraction of sp³-hybridized carbons (Fsp3) is 0.105. The lowest BCUT2D eigenvalue weighted by Gasteiger charge is -2.20. The number of aromatic amines is 1. The molecule has 142 valence electrons. The van der Waals surface area contributed by atoms with Crippen molar-refractivity contribution < 1.29 is 23.2 Å². The zero-order valence-corrected chi connectivity index (χ0v) is 14.3. The lowest BCUT2D eigenvalue weighted by Crippen LogP contribution is -2.45. The fourth-order valence-electron chi connectivity index (χ4n) is 2.72. The number of nitrogens with zero attached hydrogens (tertiary/aromatic N) is 2. The first kappa shape index (κ1) is 17.8. The maximum absolute atomic E-state index is 15.1. The predicted molar refractivity (Wildman–Crippen MR) is 95.3 cm³/mol. The molecular formula is C19H14F2N4O3. The molecule has 28 heavy (non-hydrogen) atoms. The zero-order chi connectivity index (χ0) is 19.7. The van der Waals surface area contributed by atoms with E-state index in [0.29, 0.717) is 16.6 Å². The number of hydrogen-bond donors (Lipinski definition) is 3. The fourth-order valence-corrected chi connectivity index (χ4v) is 2.72. The molecule has 0 saturated carbocycles. The van der Waals surface area contributed by atoms with Gasteiger partial charge in [-0.3, -0.25) is 4.79 Å². The Bertz CT molecular complexity index is 1140. The third kappa shape index (κ3) is 3.23. The van der Waals surface area contributed by atoms with Crippen molar-refractivity contribution in [3.05, 3.63) is 71.9 Å². The van der Waals surface area contributed by atoms with E-state index in [1.54, 1.807) is 30.3 Å². The van der Waals surface area contributed by atoms with Crippen molar-refractivity contribution in [3.8, 4) is 11.5 Å². The summed E-state index contributed by atoms with van der Waals surface area (Å²) < 4.78 is 33.4. The summed E-state index contributed by atoms with van der Waals surface area (Å²) in [4.78, 5) is 19.1. The first-order valence-corrected chi connectivity index (χ1v) is 8.29. The Hall–Kier alpha value is -3.59. The van der Waals surface area contributed by atoms with Crippen LogP contribution in [0.1, 0.15) is 16.2 Å². The summed E-state index contributed by atoms with van der Waals surface area (Å²) in [6.45, 7) is -1.11. The summed E-state index contributed by atoms with van der Waals surface area (Å²) in [5.41, 5.74) is 1.20. The average Bonchev–Trinajstić information content (AvgIpc) is 3.35. The quantitative estimate of drug-likeness (QED) is 0.459. The molecular weight excluding hydrogens is 370 g/mol. The van der Waals surface area contributed by atoms with Crippen LogP contribution < -0.4 is 5.32 Å². The number of fused-ring (bicyclic) bond motifs is 1. The van der Waals surface area contributed by atoms with Crippen LogP contribution in [0.5, 0.6) is 0 Å². The van der Waals surface area contributed by atoms with Gasteiger partial charge in [0.15, 0.2) is 0 Å². The van der Waals surface area contributed by atoms with Crippen molar-refractivity contribution in [1.82, 2.24) is 20.4 Å². The van der Waals surface area contributed by atoms with Crippen LogP contribution in [0.4, 0.5) is 8.78 Å². The number of alkyl halides is 1. The summed E-state index contributed by atoms with van der Waals surface area (Å²) in [7, 11) is 0. The number of aliphatic hydroxyl groups is 1. The van der Waals surface area contributed by atoms with Crippen molar-refractivity contribution in [2.75, 3.05) is 6.61 Å². The van der Waals surface area contributed by atoms with Gasteiger partial charge < -0.3 is 19.9 Å². The molecule has 0 aliphatic rings. The van der Waals surface area contributed by atoms with Crippen LogP contribution in [0.3, 0.4) is 0 Å². The molecule has 0 aliphatic heterocycles. The molecule has 1 amide bonds. The molecule has 2 aromatic heterocycles. The van der Waals surface area contributed by atoms with E-state index in [0.717, 1.165) is 0 Å². The molecule has 2 heterocycles. The number of nitrogens with one attached hydrogen (secondary N) is 2. The second-order valence-corrected chi connectivity index (χ2v) is 6.12. The summed E-state index contributed by atoms with van der Waals surface area (Å²) in [6, 6.07) is 13.7. The molecule has 0 radical (unpaired) electrons. The molecule has 4 rings (SSSR count). The van der Waals surface area contributed by atoms with E-state index in [1.807, 2.05) is 0 Å². The molecule has 7 nitrogen and oxygen atoms in total. The van der Waals surface area contributed by atoms with Gasteiger partial charge in [0.1, 0.15) is 12.4 Å². The van der Waals surface area contributed by atoms with E-state index in [2.05, 4.69) is 20.4 Å². The Morgan fingerprint density at radius 3 is 2.75 bits per heavy atom. The van der Waals surface area contributed by atoms with Crippen LogP contribution in [0, 0.1) is 5.82 Å². The SMILES string of the molecule is O=C(N[C@](F)(CO)c1nc(-c2cc3cc(F)ccc3[nH]2)no1)c1ccccc1. The molecule has 0 unspecified atom stereocenters. The summed E-state index contributed by atoms with van der Waals surface area (Å²) in [5, 5.41) is 15.8. The number of amides is 1. The summed E-state index contributed by atoms with van der Waals surface area (Å²) in [5.74, 6) is -4.54. The number of aromatic nitrogens is 3. The van der Waals surface area contributed by atoms with Gasteiger partial charge in [-0.15, -0.1) is 0 Å². The smallest absolute Gasteiger partial charge is 0.288 e. The third-order valence-corrected chi connectivity index (χ3v) is 4.15. The molecule has 9 heteroatoms. The van der Waals surface area contributed by atoms with Gasteiger partial charge in [0, 0.05) is 16.5 Å². The topological polar surface area (TPSA) is 104 Å². The van der Waals surface area contributed by atoms with Gasteiger partial charge in [0.05, 0.1) is 5.69 Å². The normalized spacial score (nSPS) is 13.4. The number of H-pyrrole nitrogens is 1. The van der Waals surface area contributed by atoms with Crippen molar-refractivity contribution >= 4 is 16.8 Å². The number of rotatable bonds is 5. The van der Waals surface area contributed by atoms with E-state index >= 15 is 4.39 Å². The second kappa shape index (κ2) is 6.86. The lowest BCUT2D eigenvalue weighted by molar-refractivity contribution is 0.00786. The van der Waals surface area contributed by atoms with Crippen molar-refractivity contribution in [3.63, 3.8) is 0 Å². The predicted octanol–water partition coefficient (Wildman–Crippen LogP) is 2.90. The minimum absolute atomic E-state index is 0.00366. The van der Waals surface area contributed by atoms with E-state index in [-0.39, 0.29) is 11.4 Å². The van der Waals surface area contributed by atoms with Crippen LogP contribution in [0.15, 0.2) is 59.1 Å². The Labute approximate surface area is 157 Å². The van der Waals surface area contributed by atoms with Crippen LogP contribution in [-0.2, 0) is 5.79 Å². The highest BCUT2D eigenvalue weighted by Crippen LogP contribution is 2.27. The second-order valence-electron chi connectivity index (χ2n) is 6.12. The largest absolute Gasteiger partial charge is 0.390 e. The van der Waals surface area contributed by atoms with E-state index in [4.69, 9.17) is 4.52 Å².